The summed E-state index contributed by atoms with van der Waals surface area (Å²) in [7, 11) is 0. The van der Waals surface area contributed by atoms with Gasteiger partial charge < -0.3 is 10.6 Å². The van der Waals surface area contributed by atoms with E-state index in [9.17, 15) is 18.0 Å². The zero-order chi connectivity index (χ0) is 16.5. The first kappa shape index (κ1) is 16.1. The molecule has 2 N–H and O–H groups in total. The number of amides is 1. The smallest absolute Gasteiger partial charge is 0.256 e. The van der Waals surface area contributed by atoms with E-state index in [1.165, 1.54) is 6.07 Å². The lowest BCUT2D eigenvalue weighted by molar-refractivity contribution is -0.0794. The second-order valence-corrected chi connectivity index (χ2v) is 5.86. The fourth-order valence-electron chi connectivity index (χ4n) is 2.07. The zero-order valence-corrected chi connectivity index (χ0v) is 12.2. The highest BCUT2D eigenvalue weighted by atomic mass is 19.3. The van der Waals surface area contributed by atoms with Crippen LogP contribution in [0.4, 0.5) is 19.0 Å². The molecule has 0 unspecified atom stereocenters. The molecule has 0 atom stereocenters. The second kappa shape index (κ2) is 5.52. The number of nitrogens with zero attached hydrogens (tertiary/aromatic N) is 1. The molecule has 0 saturated heterocycles. The summed E-state index contributed by atoms with van der Waals surface area (Å²) in [6.07, 6.45) is 4.55. The van der Waals surface area contributed by atoms with E-state index >= 15 is 0 Å². The highest BCUT2D eigenvalue weighted by Crippen LogP contribution is 2.39. The summed E-state index contributed by atoms with van der Waals surface area (Å²) in [5, 5.41) is 5.27. The SMILES string of the molecule is C#CC(C)(C)NC(=O)c1ccc(F)nc1NC1CC(F)(F)C1. The van der Waals surface area contributed by atoms with E-state index in [-0.39, 0.29) is 24.2 Å². The van der Waals surface area contributed by atoms with E-state index in [1.807, 2.05) is 0 Å². The van der Waals surface area contributed by atoms with Crippen molar-refractivity contribution in [3.8, 4) is 12.3 Å². The minimum Gasteiger partial charge on any atom is -0.366 e. The number of aromatic nitrogens is 1. The largest absolute Gasteiger partial charge is 0.366 e. The number of carbonyl (C=O) groups is 1. The summed E-state index contributed by atoms with van der Waals surface area (Å²) >= 11 is 0. The first-order valence-electron chi connectivity index (χ1n) is 6.73. The van der Waals surface area contributed by atoms with Crippen molar-refractivity contribution >= 4 is 11.7 Å². The molecule has 1 aromatic rings. The molecule has 1 fully saturated rings. The summed E-state index contributed by atoms with van der Waals surface area (Å²) in [5.41, 5.74) is -0.841. The topological polar surface area (TPSA) is 54.0 Å². The van der Waals surface area contributed by atoms with E-state index in [1.54, 1.807) is 13.8 Å². The maximum atomic E-state index is 13.3. The fourth-order valence-corrected chi connectivity index (χ4v) is 2.07. The predicted molar refractivity (Wildman–Crippen MR) is 76.2 cm³/mol. The van der Waals surface area contributed by atoms with Crippen LogP contribution < -0.4 is 10.6 Å². The molecule has 0 radical (unpaired) electrons. The van der Waals surface area contributed by atoms with Crippen LogP contribution in [0.15, 0.2) is 12.1 Å². The van der Waals surface area contributed by atoms with E-state index in [0.29, 0.717) is 0 Å². The first-order valence-corrected chi connectivity index (χ1v) is 6.73. The van der Waals surface area contributed by atoms with Gasteiger partial charge in [-0.25, -0.2) is 13.8 Å². The van der Waals surface area contributed by atoms with E-state index < -0.39 is 29.4 Å². The monoisotopic (exact) mass is 311 g/mol. The van der Waals surface area contributed by atoms with Crippen LogP contribution in [0.2, 0.25) is 0 Å². The fraction of sp³-hybridized carbons (Fsp3) is 0.467. The van der Waals surface area contributed by atoms with Gasteiger partial charge in [0.15, 0.2) is 0 Å². The molecule has 0 aliphatic heterocycles. The summed E-state index contributed by atoms with van der Waals surface area (Å²) in [5.74, 6) is -1.74. The van der Waals surface area contributed by atoms with Gasteiger partial charge >= 0.3 is 0 Å². The van der Waals surface area contributed by atoms with Crippen molar-refractivity contribution in [1.29, 1.82) is 0 Å². The third-order valence-corrected chi connectivity index (χ3v) is 3.32. The Morgan fingerprint density at radius 3 is 2.64 bits per heavy atom. The normalized spacial score (nSPS) is 17.3. The molecule has 1 aliphatic carbocycles. The molecular formula is C15H16F3N3O. The average molecular weight is 311 g/mol. The van der Waals surface area contributed by atoms with Crippen molar-refractivity contribution in [3.05, 3.63) is 23.6 Å². The Hall–Kier alpha value is -2.23. The Kier molecular flexibility index (Phi) is 4.05. The standard InChI is InChI=1S/C15H16F3N3O/c1-4-14(2,3)21-13(22)10-5-6-11(16)20-12(10)19-9-7-15(17,18)8-9/h1,5-6,9H,7-8H2,2-3H3,(H,19,20)(H,21,22). The van der Waals surface area contributed by atoms with Crippen LogP contribution in [0, 0.1) is 18.3 Å². The van der Waals surface area contributed by atoms with Gasteiger partial charge in [-0.05, 0) is 26.0 Å². The molecule has 22 heavy (non-hydrogen) atoms. The van der Waals surface area contributed by atoms with Gasteiger partial charge in [0, 0.05) is 18.9 Å². The third-order valence-electron chi connectivity index (χ3n) is 3.32. The summed E-state index contributed by atoms with van der Waals surface area (Å²) in [6.45, 7) is 3.25. The van der Waals surface area contributed by atoms with E-state index in [0.717, 1.165) is 6.07 Å². The highest BCUT2D eigenvalue weighted by molar-refractivity contribution is 5.99. The van der Waals surface area contributed by atoms with Crippen LogP contribution in [0.3, 0.4) is 0 Å². The molecular weight excluding hydrogens is 295 g/mol. The zero-order valence-electron chi connectivity index (χ0n) is 12.2. The van der Waals surface area contributed by atoms with Gasteiger partial charge in [-0.3, -0.25) is 4.79 Å². The summed E-state index contributed by atoms with van der Waals surface area (Å²) in [4.78, 5) is 15.8. The number of halogens is 3. The Bertz CT molecular complexity index is 629. The Morgan fingerprint density at radius 2 is 2.09 bits per heavy atom. The van der Waals surface area contributed by atoms with Crippen LogP contribution in [-0.2, 0) is 0 Å². The van der Waals surface area contributed by atoms with Gasteiger partial charge in [-0.15, -0.1) is 6.42 Å². The maximum absolute atomic E-state index is 13.3. The predicted octanol–water partition coefficient (Wildman–Crippen LogP) is 2.57. The first-order chi connectivity index (χ1) is 10.1. The lowest BCUT2D eigenvalue weighted by Gasteiger charge is -2.36. The van der Waals surface area contributed by atoms with E-state index in [2.05, 4.69) is 21.5 Å². The number of terminal acetylenes is 1. The molecule has 1 heterocycles. The quantitative estimate of drug-likeness (QED) is 0.664. The molecule has 7 heteroatoms. The maximum Gasteiger partial charge on any atom is 0.256 e. The number of hydrogen-bond donors (Lipinski definition) is 2. The van der Waals surface area contributed by atoms with E-state index in [4.69, 9.17) is 6.42 Å². The molecule has 0 bridgehead atoms. The molecule has 1 aromatic heterocycles. The van der Waals surface area contributed by atoms with Gasteiger partial charge in [0.05, 0.1) is 11.1 Å². The van der Waals surface area contributed by atoms with Crippen LogP contribution in [0.25, 0.3) is 0 Å². The molecule has 118 valence electrons. The van der Waals surface area contributed by atoms with Crippen molar-refractivity contribution < 1.29 is 18.0 Å². The number of hydrogen-bond acceptors (Lipinski definition) is 3. The number of alkyl halides is 2. The number of rotatable bonds is 4. The van der Waals surface area contributed by atoms with Crippen molar-refractivity contribution in [3.63, 3.8) is 0 Å². The van der Waals surface area contributed by atoms with Crippen LogP contribution in [0.1, 0.15) is 37.0 Å². The summed E-state index contributed by atoms with van der Waals surface area (Å²) in [6, 6.07) is 1.72. The van der Waals surface area contributed by atoms with Crippen molar-refractivity contribution in [2.75, 3.05) is 5.32 Å². The lowest BCUT2D eigenvalue weighted by Crippen LogP contribution is -2.45. The number of anilines is 1. The van der Waals surface area contributed by atoms with Crippen molar-refractivity contribution in [1.82, 2.24) is 10.3 Å². The van der Waals surface area contributed by atoms with Crippen LogP contribution >= 0.6 is 0 Å². The van der Waals surface area contributed by atoms with Gasteiger partial charge in [0.2, 0.25) is 5.95 Å². The number of nitrogens with one attached hydrogen (secondary N) is 2. The molecule has 1 saturated carbocycles. The second-order valence-electron chi connectivity index (χ2n) is 5.86. The Morgan fingerprint density at radius 1 is 1.45 bits per heavy atom. The van der Waals surface area contributed by atoms with Crippen LogP contribution in [-0.4, -0.2) is 28.4 Å². The molecule has 0 spiro atoms. The van der Waals surface area contributed by atoms with Gasteiger partial charge in [-0.2, -0.15) is 4.39 Å². The van der Waals surface area contributed by atoms with Gasteiger partial charge in [0.1, 0.15) is 5.82 Å². The molecule has 1 aliphatic rings. The minimum atomic E-state index is -2.72. The molecule has 0 aromatic carbocycles. The van der Waals surface area contributed by atoms with Gasteiger partial charge in [0.25, 0.3) is 11.8 Å². The summed E-state index contributed by atoms with van der Waals surface area (Å²) < 4.78 is 39.0. The number of pyridine rings is 1. The number of carbonyl (C=O) groups excluding carboxylic acids is 1. The van der Waals surface area contributed by atoms with Crippen molar-refractivity contribution in [2.24, 2.45) is 0 Å². The van der Waals surface area contributed by atoms with Crippen LogP contribution in [0.5, 0.6) is 0 Å². The molecule has 4 nitrogen and oxygen atoms in total. The molecule has 1 amide bonds. The average Bonchev–Trinajstić information content (AvgIpc) is 2.36. The van der Waals surface area contributed by atoms with Crippen molar-refractivity contribution in [2.45, 2.75) is 44.2 Å². The Balaban J connectivity index is 2.18. The minimum absolute atomic E-state index is 0.0555. The Labute approximate surface area is 126 Å². The lowest BCUT2D eigenvalue weighted by atomic mass is 9.88. The molecule has 2 rings (SSSR count). The van der Waals surface area contributed by atoms with Gasteiger partial charge in [-0.1, -0.05) is 5.92 Å². The third kappa shape index (κ3) is 3.70. The highest BCUT2D eigenvalue weighted by Gasteiger charge is 2.45.